The molecule has 30 heavy (non-hydrogen) atoms. The Hall–Kier alpha value is -2.78. The van der Waals surface area contributed by atoms with Crippen LogP contribution < -0.4 is 0 Å². The van der Waals surface area contributed by atoms with Crippen LogP contribution >= 0.6 is 0 Å². The number of carbonyl (C=O) groups is 2. The molecule has 0 spiro atoms. The smallest absolute Gasteiger partial charge is 0.290 e. The molecule has 4 rings (SSSR count). The third-order valence-corrected chi connectivity index (χ3v) is 5.68. The Bertz CT molecular complexity index is 808. The average molecular weight is 416 g/mol. The number of carbonyl (C=O) groups excluding carboxylic acids is 1. The van der Waals surface area contributed by atoms with Crippen LogP contribution in [0.15, 0.2) is 30.3 Å². The van der Waals surface area contributed by atoms with Crippen molar-refractivity contribution >= 4 is 12.4 Å². The van der Waals surface area contributed by atoms with Crippen LogP contribution in [0.3, 0.4) is 0 Å². The Labute approximate surface area is 175 Å². The normalized spacial score (nSPS) is 17.8. The summed E-state index contributed by atoms with van der Waals surface area (Å²) in [6.45, 7) is 2.56. The van der Waals surface area contributed by atoms with E-state index in [0.29, 0.717) is 52.1 Å². The molecular weight excluding hydrogens is 388 g/mol. The van der Waals surface area contributed by atoms with Crippen molar-refractivity contribution in [1.29, 1.82) is 0 Å². The maximum atomic E-state index is 13.1. The van der Waals surface area contributed by atoms with Gasteiger partial charge in [0.25, 0.3) is 6.47 Å². The van der Waals surface area contributed by atoms with Crippen LogP contribution in [0.5, 0.6) is 0 Å². The molecule has 9 heteroatoms. The predicted octanol–water partition coefficient (Wildman–Crippen LogP) is 0.744. The number of hydrogen-bond acceptors (Lipinski definition) is 6. The lowest BCUT2D eigenvalue weighted by Gasteiger charge is -2.38. The van der Waals surface area contributed by atoms with Crippen LogP contribution in [0.1, 0.15) is 30.1 Å². The largest absolute Gasteiger partial charge is 0.483 e. The van der Waals surface area contributed by atoms with Gasteiger partial charge in [-0.2, -0.15) is 5.10 Å². The van der Waals surface area contributed by atoms with Gasteiger partial charge in [-0.15, -0.1) is 0 Å². The average Bonchev–Trinajstić information content (AvgIpc) is 3.05. The van der Waals surface area contributed by atoms with Gasteiger partial charge in [0.1, 0.15) is 5.82 Å². The summed E-state index contributed by atoms with van der Waals surface area (Å²) in [5.41, 5.74) is 0.510. The standard InChI is InChI=1S/C20H26N4O3.CH2O2/c25-15-20(7-12-27-13-8-20)19(26)23-9-6-18-21-17(22-24(18)11-10-23)14-16-4-2-1-3-5-16;2-1-3/h1-5,25H,6-15H2;1H,(H,2,3). The third kappa shape index (κ3) is 5.03. The van der Waals surface area contributed by atoms with Crippen molar-refractivity contribution in [2.75, 3.05) is 32.9 Å². The maximum absolute atomic E-state index is 13.1. The van der Waals surface area contributed by atoms with Gasteiger partial charge in [-0.05, 0) is 18.4 Å². The van der Waals surface area contributed by atoms with Crippen LogP contribution in [0.2, 0.25) is 0 Å². The highest BCUT2D eigenvalue weighted by Gasteiger charge is 2.42. The lowest BCUT2D eigenvalue weighted by atomic mass is 9.79. The van der Waals surface area contributed by atoms with E-state index in [9.17, 15) is 9.90 Å². The summed E-state index contributed by atoms with van der Waals surface area (Å²) in [7, 11) is 0. The minimum Gasteiger partial charge on any atom is -0.483 e. The minimum atomic E-state index is -0.684. The third-order valence-electron chi connectivity index (χ3n) is 5.68. The topological polar surface area (TPSA) is 118 Å². The predicted molar refractivity (Wildman–Crippen MR) is 108 cm³/mol. The summed E-state index contributed by atoms with van der Waals surface area (Å²) in [4.78, 5) is 28.0. The lowest BCUT2D eigenvalue weighted by molar-refractivity contribution is -0.151. The van der Waals surface area contributed by atoms with Crippen molar-refractivity contribution in [2.24, 2.45) is 5.41 Å². The first kappa shape index (κ1) is 21.9. The Balaban J connectivity index is 0.000000806. The fourth-order valence-electron chi connectivity index (χ4n) is 3.95. The number of nitrogens with zero attached hydrogens (tertiary/aromatic N) is 4. The zero-order valence-corrected chi connectivity index (χ0v) is 16.9. The number of amides is 1. The molecule has 2 aromatic rings. The second-order valence-corrected chi connectivity index (χ2v) is 7.53. The van der Waals surface area contributed by atoms with Gasteiger partial charge in [0, 0.05) is 39.1 Å². The molecule has 1 saturated heterocycles. The Morgan fingerprint density at radius 1 is 1.17 bits per heavy atom. The lowest BCUT2D eigenvalue weighted by Crippen LogP contribution is -2.49. The summed E-state index contributed by atoms with van der Waals surface area (Å²) in [6.07, 6.45) is 2.58. The highest BCUT2D eigenvalue weighted by molar-refractivity contribution is 5.83. The van der Waals surface area contributed by atoms with E-state index in [1.165, 1.54) is 5.56 Å². The first-order valence-electron chi connectivity index (χ1n) is 10.1. The van der Waals surface area contributed by atoms with Crippen LogP contribution in [-0.2, 0) is 33.7 Å². The molecule has 2 N–H and O–H groups in total. The van der Waals surface area contributed by atoms with Crippen LogP contribution in [0.25, 0.3) is 0 Å². The number of ether oxygens (including phenoxy) is 1. The van der Waals surface area contributed by atoms with E-state index in [4.69, 9.17) is 19.6 Å². The quantitative estimate of drug-likeness (QED) is 0.706. The van der Waals surface area contributed by atoms with Gasteiger partial charge in [0.2, 0.25) is 5.91 Å². The molecular formula is C21H28N4O5. The number of rotatable bonds is 4. The minimum absolute atomic E-state index is 0.0450. The molecule has 2 aliphatic rings. The van der Waals surface area contributed by atoms with Crippen LogP contribution in [0.4, 0.5) is 0 Å². The molecule has 1 aromatic heterocycles. The zero-order valence-electron chi connectivity index (χ0n) is 16.9. The highest BCUT2D eigenvalue weighted by atomic mass is 16.5. The second-order valence-electron chi connectivity index (χ2n) is 7.53. The van der Waals surface area contributed by atoms with E-state index in [0.717, 1.165) is 18.1 Å². The van der Waals surface area contributed by atoms with E-state index in [2.05, 4.69) is 17.2 Å². The van der Waals surface area contributed by atoms with Crippen LogP contribution in [0, 0.1) is 5.41 Å². The monoisotopic (exact) mass is 416 g/mol. The van der Waals surface area contributed by atoms with E-state index >= 15 is 0 Å². The molecule has 162 valence electrons. The second kappa shape index (κ2) is 10.3. The van der Waals surface area contributed by atoms with Gasteiger partial charge in [-0.25, -0.2) is 9.67 Å². The summed E-state index contributed by atoms with van der Waals surface area (Å²) in [5, 5.41) is 21.4. The molecule has 0 atom stereocenters. The van der Waals surface area contributed by atoms with Crippen molar-refractivity contribution in [1.82, 2.24) is 19.7 Å². The van der Waals surface area contributed by atoms with Gasteiger partial charge in [-0.3, -0.25) is 9.59 Å². The number of benzene rings is 1. The number of aliphatic hydroxyl groups is 1. The number of aliphatic hydroxyl groups excluding tert-OH is 1. The molecule has 2 aliphatic heterocycles. The number of fused-ring (bicyclic) bond motifs is 1. The number of aromatic nitrogens is 3. The summed E-state index contributed by atoms with van der Waals surface area (Å²) >= 11 is 0. The molecule has 1 amide bonds. The molecule has 0 aliphatic carbocycles. The Kier molecular flexibility index (Phi) is 7.53. The van der Waals surface area contributed by atoms with E-state index in [-0.39, 0.29) is 19.0 Å². The van der Waals surface area contributed by atoms with Gasteiger partial charge >= 0.3 is 0 Å². The van der Waals surface area contributed by atoms with Crippen molar-refractivity contribution in [3.63, 3.8) is 0 Å². The van der Waals surface area contributed by atoms with Crippen molar-refractivity contribution in [3.8, 4) is 0 Å². The van der Waals surface area contributed by atoms with Gasteiger partial charge in [0.05, 0.1) is 18.6 Å². The fraction of sp³-hybridized carbons (Fsp3) is 0.524. The van der Waals surface area contributed by atoms with Gasteiger partial charge < -0.3 is 19.8 Å². The first-order valence-corrected chi connectivity index (χ1v) is 10.1. The highest BCUT2D eigenvalue weighted by Crippen LogP contribution is 2.32. The number of carboxylic acid groups (broad SMARTS) is 1. The molecule has 1 fully saturated rings. The van der Waals surface area contributed by atoms with Gasteiger partial charge in [0.15, 0.2) is 5.82 Å². The molecule has 0 saturated carbocycles. The molecule has 1 aromatic carbocycles. The van der Waals surface area contributed by atoms with E-state index < -0.39 is 5.41 Å². The molecule has 0 radical (unpaired) electrons. The molecule has 0 unspecified atom stereocenters. The fourth-order valence-corrected chi connectivity index (χ4v) is 3.95. The maximum Gasteiger partial charge on any atom is 0.290 e. The molecule has 3 heterocycles. The van der Waals surface area contributed by atoms with Crippen LogP contribution in [-0.4, -0.2) is 75.2 Å². The SMILES string of the molecule is O=C(N1CCc2nc(Cc3ccccc3)nn2CC1)C1(CO)CCOCC1.O=CO. The van der Waals surface area contributed by atoms with Crippen molar-refractivity contribution in [2.45, 2.75) is 32.2 Å². The molecule has 0 bridgehead atoms. The summed E-state index contributed by atoms with van der Waals surface area (Å²) in [6, 6.07) is 10.2. The Morgan fingerprint density at radius 2 is 1.87 bits per heavy atom. The number of hydrogen-bond donors (Lipinski definition) is 2. The van der Waals surface area contributed by atoms with Crippen molar-refractivity contribution < 1.29 is 24.5 Å². The van der Waals surface area contributed by atoms with E-state index in [1.54, 1.807) is 0 Å². The molecule has 9 nitrogen and oxygen atoms in total. The van der Waals surface area contributed by atoms with Gasteiger partial charge in [-0.1, -0.05) is 30.3 Å². The summed E-state index contributed by atoms with van der Waals surface area (Å²) < 4.78 is 7.31. The van der Waals surface area contributed by atoms with Crippen molar-refractivity contribution in [3.05, 3.63) is 47.5 Å². The van der Waals surface area contributed by atoms with E-state index in [1.807, 2.05) is 27.8 Å². The first-order chi connectivity index (χ1) is 14.6. The zero-order chi connectivity index (χ0) is 21.4. The summed E-state index contributed by atoms with van der Waals surface area (Å²) in [5.74, 6) is 1.80. The Morgan fingerprint density at radius 3 is 2.53 bits per heavy atom.